The van der Waals surface area contributed by atoms with E-state index in [-0.39, 0.29) is 0 Å². The van der Waals surface area contributed by atoms with Crippen molar-refractivity contribution in [2.24, 2.45) is 0 Å². The minimum atomic E-state index is 0.561. The zero-order chi connectivity index (χ0) is 11.1. The van der Waals surface area contributed by atoms with Gasteiger partial charge in [-0.1, -0.05) is 0 Å². The van der Waals surface area contributed by atoms with E-state index in [4.69, 9.17) is 4.74 Å². The molecular formula is C11H25N3O. The van der Waals surface area contributed by atoms with Gasteiger partial charge in [-0.15, -0.1) is 0 Å². The maximum absolute atomic E-state index is 5.50. The van der Waals surface area contributed by atoms with Gasteiger partial charge < -0.3 is 15.0 Å². The smallest absolute Gasteiger partial charge is 0.0634 e. The van der Waals surface area contributed by atoms with Crippen LogP contribution in [0.1, 0.15) is 6.42 Å². The van der Waals surface area contributed by atoms with Gasteiger partial charge in [-0.2, -0.15) is 0 Å². The summed E-state index contributed by atoms with van der Waals surface area (Å²) in [6.07, 6.45) is 1.24. The van der Waals surface area contributed by atoms with Crippen LogP contribution in [0.15, 0.2) is 0 Å². The van der Waals surface area contributed by atoms with Crippen molar-refractivity contribution >= 4 is 0 Å². The van der Waals surface area contributed by atoms with Gasteiger partial charge in [-0.25, -0.2) is 0 Å². The molecular weight excluding hydrogens is 190 g/mol. The van der Waals surface area contributed by atoms with Crippen LogP contribution in [0, 0.1) is 0 Å². The van der Waals surface area contributed by atoms with Crippen molar-refractivity contribution in [3.05, 3.63) is 0 Å². The summed E-state index contributed by atoms with van der Waals surface area (Å²) >= 11 is 0. The molecule has 0 saturated carbocycles. The van der Waals surface area contributed by atoms with E-state index >= 15 is 0 Å². The van der Waals surface area contributed by atoms with E-state index in [1.807, 2.05) is 7.05 Å². The Balaban J connectivity index is 2.23. The van der Waals surface area contributed by atoms with Crippen LogP contribution in [-0.2, 0) is 4.74 Å². The van der Waals surface area contributed by atoms with E-state index in [0.717, 1.165) is 26.3 Å². The lowest BCUT2D eigenvalue weighted by atomic mass is 10.2. The van der Waals surface area contributed by atoms with Crippen LogP contribution in [0.5, 0.6) is 0 Å². The van der Waals surface area contributed by atoms with Gasteiger partial charge in [0.2, 0.25) is 0 Å². The van der Waals surface area contributed by atoms with E-state index in [0.29, 0.717) is 6.04 Å². The van der Waals surface area contributed by atoms with Gasteiger partial charge in [0.05, 0.1) is 13.2 Å². The number of likely N-dealkylation sites (N-methyl/N-ethyl adjacent to an activating group) is 1. The third-order valence-corrected chi connectivity index (χ3v) is 2.84. The molecule has 15 heavy (non-hydrogen) atoms. The molecule has 90 valence electrons. The van der Waals surface area contributed by atoms with Crippen LogP contribution in [0.4, 0.5) is 0 Å². The van der Waals surface area contributed by atoms with E-state index in [2.05, 4.69) is 29.2 Å². The molecule has 0 aromatic rings. The molecule has 1 saturated heterocycles. The van der Waals surface area contributed by atoms with Gasteiger partial charge in [0.25, 0.3) is 0 Å². The number of rotatable bonds is 6. The molecule has 1 rings (SSSR count). The molecule has 0 aliphatic carbocycles. The standard InChI is InChI=1S/C11H25N3O/c1-12-9-11-10-15-8-7-14(11)6-4-5-13(2)3/h11-12H,4-10H2,1-3H3. The summed E-state index contributed by atoms with van der Waals surface area (Å²) in [5, 5.41) is 3.23. The lowest BCUT2D eigenvalue weighted by Crippen LogP contribution is -2.50. The predicted molar refractivity (Wildman–Crippen MR) is 63.3 cm³/mol. The first-order valence-corrected chi connectivity index (χ1v) is 5.85. The Morgan fingerprint density at radius 1 is 1.47 bits per heavy atom. The fourth-order valence-electron chi connectivity index (χ4n) is 2.00. The molecule has 4 heteroatoms. The predicted octanol–water partition coefficient (Wildman–Crippen LogP) is -0.142. The van der Waals surface area contributed by atoms with Crippen molar-refractivity contribution in [1.82, 2.24) is 15.1 Å². The van der Waals surface area contributed by atoms with Crippen molar-refractivity contribution in [3.8, 4) is 0 Å². The van der Waals surface area contributed by atoms with Crippen LogP contribution < -0.4 is 5.32 Å². The quantitative estimate of drug-likeness (QED) is 0.667. The maximum Gasteiger partial charge on any atom is 0.0634 e. The third kappa shape index (κ3) is 4.93. The lowest BCUT2D eigenvalue weighted by Gasteiger charge is -2.35. The van der Waals surface area contributed by atoms with Crippen molar-refractivity contribution < 1.29 is 4.74 Å². The minimum Gasteiger partial charge on any atom is -0.378 e. The highest BCUT2D eigenvalue weighted by Crippen LogP contribution is 2.06. The Hall–Kier alpha value is -0.160. The summed E-state index contributed by atoms with van der Waals surface area (Å²) in [6.45, 7) is 6.24. The van der Waals surface area contributed by atoms with Crippen LogP contribution in [0.3, 0.4) is 0 Å². The Kier molecular flexibility index (Phi) is 6.17. The number of nitrogens with zero attached hydrogens (tertiary/aromatic N) is 2. The topological polar surface area (TPSA) is 27.7 Å². The zero-order valence-electron chi connectivity index (χ0n) is 10.3. The highest BCUT2D eigenvalue weighted by molar-refractivity contribution is 4.76. The second-order valence-electron chi connectivity index (χ2n) is 4.48. The number of hydrogen-bond donors (Lipinski definition) is 1. The highest BCUT2D eigenvalue weighted by atomic mass is 16.5. The summed E-state index contributed by atoms with van der Waals surface area (Å²) in [5.41, 5.74) is 0. The number of nitrogens with one attached hydrogen (secondary N) is 1. The number of ether oxygens (including phenoxy) is 1. The molecule has 0 aromatic carbocycles. The summed E-state index contributed by atoms with van der Waals surface area (Å²) in [6, 6.07) is 0.561. The first-order valence-electron chi connectivity index (χ1n) is 5.85. The van der Waals surface area contributed by atoms with Gasteiger partial charge >= 0.3 is 0 Å². The number of morpholine rings is 1. The van der Waals surface area contributed by atoms with Gasteiger partial charge in [-0.05, 0) is 40.7 Å². The van der Waals surface area contributed by atoms with Gasteiger partial charge in [0.15, 0.2) is 0 Å². The van der Waals surface area contributed by atoms with Gasteiger partial charge in [0, 0.05) is 19.1 Å². The van der Waals surface area contributed by atoms with E-state index in [1.54, 1.807) is 0 Å². The fourth-order valence-corrected chi connectivity index (χ4v) is 2.00. The van der Waals surface area contributed by atoms with Crippen molar-refractivity contribution in [2.75, 3.05) is 60.5 Å². The van der Waals surface area contributed by atoms with E-state index in [9.17, 15) is 0 Å². The lowest BCUT2D eigenvalue weighted by molar-refractivity contribution is -0.00715. The largest absolute Gasteiger partial charge is 0.378 e. The average Bonchev–Trinajstić information content (AvgIpc) is 2.20. The SMILES string of the molecule is CNCC1COCCN1CCCN(C)C. The van der Waals surface area contributed by atoms with E-state index < -0.39 is 0 Å². The second-order valence-corrected chi connectivity index (χ2v) is 4.48. The molecule has 0 spiro atoms. The summed E-state index contributed by atoms with van der Waals surface area (Å²) in [7, 11) is 6.27. The molecule has 1 atom stereocenters. The molecule has 0 radical (unpaired) electrons. The molecule has 0 aromatic heterocycles. The second kappa shape index (κ2) is 7.17. The summed E-state index contributed by atoms with van der Waals surface area (Å²) in [5.74, 6) is 0. The molecule has 4 nitrogen and oxygen atoms in total. The van der Waals surface area contributed by atoms with Crippen LogP contribution in [0.2, 0.25) is 0 Å². The maximum atomic E-state index is 5.50. The molecule has 0 bridgehead atoms. The van der Waals surface area contributed by atoms with Crippen molar-refractivity contribution in [3.63, 3.8) is 0 Å². The van der Waals surface area contributed by atoms with Crippen molar-refractivity contribution in [2.45, 2.75) is 12.5 Å². The molecule has 1 aliphatic rings. The third-order valence-electron chi connectivity index (χ3n) is 2.84. The van der Waals surface area contributed by atoms with Gasteiger partial charge in [-0.3, -0.25) is 4.90 Å². The molecule has 0 amide bonds. The van der Waals surface area contributed by atoms with Gasteiger partial charge in [0.1, 0.15) is 0 Å². The zero-order valence-corrected chi connectivity index (χ0v) is 10.3. The summed E-state index contributed by atoms with van der Waals surface area (Å²) in [4.78, 5) is 4.79. The summed E-state index contributed by atoms with van der Waals surface area (Å²) < 4.78 is 5.50. The van der Waals surface area contributed by atoms with Crippen LogP contribution >= 0.6 is 0 Å². The molecule has 1 fully saturated rings. The Labute approximate surface area is 93.6 Å². The Bertz CT molecular complexity index is 162. The molecule has 1 heterocycles. The fraction of sp³-hybridized carbons (Fsp3) is 1.00. The monoisotopic (exact) mass is 215 g/mol. The first kappa shape index (κ1) is 12.9. The van der Waals surface area contributed by atoms with Crippen molar-refractivity contribution in [1.29, 1.82) is 0 Å². The normalized spacial score (nSPS) is 23.6. The Morgan fingerprint density at radius 2 is 2.27 bits per heavy atom. The molecule has 1 aliphatic heterocycles. The Morgan fingerprint density at radius 3 is 2.93 bits per heavy atom. The highest BCUT2D eigenvalue weighted by Gasteiger charge is 2.21. The van der Waals surface area contributed by atoms with Crippen LogP contribution in [-0.4, -0.2) is 76.4 Å². The minimum absolute atomic E-state index is 0.561. The number of hydrogen-bond acceptors (Lipinski definition) is 4. The average molecular weight is 215 g/mol. The van der Waals surface area contributed by atoms with Crippen LogP contribution in [0.25, 0.3) is 0 Å². The molecule has 1 N–H and O–H groups in total. The first-order chi connectivity index (χ1) is 7.24. The van der Waals surface area contributed by atoms with E-state index in [1.165, 1.54) is 19.5 Å². The molecule has 1 unspecified atom stereocenters.